The van der Waals surface area contributed by atoms with Crippen LogP contribution in [0.3, 0.4) is 0 Å². The molecule has 6 rings (SSSR count). The number of rotatable bonds is 6. The van der Waals surface area contributed by atoms with Crippen LogP contribution in [0, 0.1) is 5.92 Å². The number of hydrogen-bond donors (Lipinski definition) is 0. The lowest BCUT2D eigenvalue weighted by atomic mass is 9.93. The Morgan fingerprint density at radius 2 is 1.43 bits per heavy atom. The summed E-state index contributed by atoms with van der Waals surface area (Å²) >= 11 is 12.8. The topological polar surface area (TPSA) is 63.4 Å². The van der Waals surface area contributed by atoms with Gasteiger partial charge in [-0.3, -0.25) is 23.8 Å². The number of carbonyl (C=O) groups is 1. The summed E-state index contributed by atoms with van der Waals surface area (Å²) in [4.78, 5) is 35.7. The molecule has 208 valence electrons. The maximum absolute atomic E-state index is 13.8. The second-order valence-corrected chi connectivity index (χ2v) is 11.8. The summed E-state index contributed by atoms with van der Waals surface area (Å²) in [5.41, 5.74) is 3.80. The van der Waals surface area contributed by atoms with Gasteiger partial charge in [-0.15, -0.1) is 0 Å². The summed E-state index contributed by atoms with van der Waals surface area (Å²) < 4.78 is 3.66. The van der Waals surface area contributed by atoms with E-state index >= 15 is 0 Å². The minimum Gasteiger partial charge on any atom is -0.342 e. The fourth-order valence-corrected chi connectivity index (χ4v) is 6.55. The summed E-state index contributed by atoms with van der Waals surface area (Å²) in [6, 6.07) is 17.6. The van der Waals surface area contributed by atoms with Gasteiger partial charge in [0.05, 0.1) is 27.6 Å². The van der Waals surface area contributed by atoms with Crippen LogP contribution in [0.25, 0.3) is 11.0 Å². The van der Waals surface area contributed by atoms with E-state index in [0.717, 1.165) is 61.9 Å². The highest BCUT2D eigenvalue weighted by molar-refractivity contribution is 6.42. The third kappa shape index (κ3) is 5.55. The minimum absolute atomic E-state index is 0.00414. The van der Waals surface area contributed by atoms with Crippen LogP contribution in [0.4, 0.5) is 0 Å². The number of carbonyl (C=O) groups excluding carboxylic acids is 1. The number of benzene rings is 2. The van der Waals surface area contributed by atoms with Gasteiger partial charge in [0.15, 0.2) is 0 Å². The minimum atomic E-state index is -0.0662. The van der Waals surface area contributed by atoms with Crippen molar-refractivity contribution in [1.29, 1.82) is 0 Å². The monoisotopic (exact) mass is 577 g/mol. The first kappa shape index (κ1) is 27.1. The molecule has 0 N–H and O–H groups in total. The molecule has 0 saturated carbocycles. The van der Waals surface area contributed by atoms with Gasteiger partial charge in [0.1, 0.15) is 0 Å². The predicted molar refractivity (Wildman–Crippen MR) is 159 cm³/mol. The first-order valence-electron chi connectivity index (χ1n) is 14.0. The molecular formula is C31H33Cl2N5O2. The molecule has 2 aliphatic rings. The number of aromatic nitrogens is 3. The van der Waals surface area contributed by atoms with Crippen LogP contribution in [0.1, 0.15) is 42.9 Å². The van der Waals surface area contributed by atoms with E-state index < -0.39 is 0 Å². The molecular weight excluding hydrogens is 545 g/mol. The Morgan fingerprint density at radius 3 is 2.10 bits per heavy atom. The molecule has 2 saturated heterocycles. The van der Waals surface area contributed by atoms with E-state index in [1.165, 1.54) is 5.56 Å². The average Bonchev–Trinajstić information content (AvgIpc) is 3.24. The zero-order valence-corrected chi connectivity index (χ0v) is 23.9. The van der Waals surface area contributed by atoms with Crippen LogP contribution in [0.2, 0.25) is 10.0 Å². The molecule has 2 fully saturated rings. The highest BCUT2D eigenvalue weighted by Gasteiger charge is 2.32. The number of amides is 1. The van der Waals surface area contributed by atoms with E-state index in [2.05, 4.69) is 9.88 Å². The molecule has 0 aliphatic carbocycles. The molecule has 9 heteroatoms. The van der Waals surface area contributed by atoms with Crippen molar-refractivity contribution in [3.8, 4) is 0 Å². The number of pyridine rings is 1. The van der Waals surface area contributed by atoms with Crippen LogP contribution in [0.5, 0.6) is 0 Å². The van der Waals surface area contributed by atoms with Crippen LogP contribution >= 0.6 is 23.2 Å². The van der Waals surface area contributed by atoms with Gasteiger partial charge >= 0.3 is 5.69 Å². The standard InChI is InChI=1S/C31H33Cl2N5O2/c32-26-18-28-29(19-27(26)33)38(31(40)37(28)21-22-4-2-1-3-5-22)25-10-16-36(17-11-25)30(39)24-8-14-35(15-9-24)20-23-6-12-34-13-7-23/h1-7,12-13,18-19,24-25H,8-11,14-17,20-21H2. The number of imidazole rings is 1. The smallest absolute Gasteiger partial charge is 0.329 e. The van der Waals surface area contributed by atoms with Gasteiger partial charge in [-0.1, -0.05) is 53.5 Å². The lowest BCUT2D eigenvalue weighted by molar-refractivity contribution is -0.138. The van der Waals surface area contributed by atoms with Gasteiger partial charge in [-0.2, -0.15) is 0 Å². The lowest BCUT2D eigenvalue weighted by Gasteiger charge is -2.37. The Labute approximate surface area is 243 Å². The van der Waals surface area contributed by atoms with E-state index in [1.807, 2.05) is 64.3 Å². The normalized spacial score (nSPS) is 17.5. The highest BCUT2D eigenvalue weighted by atomic mass is 35.5. The predicted octanol–water partition coefficient (Wildman–Crippen LogP) is 5.63. The molecule has 4 aromatic rings. The Bertz CT molecular complexity index is 1540. The number of fused-ring (bicyclic) bond motifs is 1. The molecule has 0 spiro atoms. The number of likely N-dealkylation sites (tertiary alicyclic amines) is 2. The van der Waals surface area contributed by atoms with Crippen molar-refractivity contribution in [1.82, 2.24) is 23.9 Å². The lowest BCUT2D eigenvalue weighted by Crippen LogP contribution is -2.46. The molecule has 1 amide bonds. The summed E-state index contributed by atoms with van der Waals surface area (Å²) in [7, 11) is 0. The van der Waals surface area contributed by atoms with E-state index in [4.69, 9.17) is 23.2 Å². The Hall–Kier alpha value is -3.13. The van der Waals surface area contributed by atoms with E-state index in [1.54, 1.807) is 16.7 Å². The van der Waals surface area contributed by atoms with Crippen molar-refractivity contribution in [2.75, 3.05) is 26.2 Å². The third-order valence-electron chi connectivity index (χ3n) is 8.42. The second-order valence-electron chi connectivity index (χ2n) is 10.9. The Balaban J connectivity index is 1.13. The third-order valence-corrected chi connectivity index (χ3v) is 9.14. The average molecular weight is 579 g/mol. The van der Waals surface area contributed by atoms with Crippen molar-refractivity contribution in [2.45, 2.75) is 44.8 Å². The summed E-state index contributed by atoms with van der Waals surface area (Å²) in [5.74, 6) is 0.331. The first-order chi connectivity index (χ1) is 19.5. The molecule has 2 aromatic heterocycles. The molecule has 4 heterocycles. The van der Waals surface area contributed by atoms with Gasteiger partial charge in [-0.25, -0.2) is 4.79 Å². The summed E-state index contributed by atoms with van der Waals surface area (Å²) in [6.45, 7) is 4.51. The second kappa shape index (κ2) is 11.8. The molecule has 0 unspecified atom stereocenters. The van der Waals surface area contributed by atoms with Crippen molar-refractivity contribution in [3.63, 3.8) is 0 Å². The van der Waals surface area contributed by atoms with Crippen molar-refractivity contribution in [3.05, 3.63) is 98.6 Å². The van der Waals surface area contributed by atoms with Crippen molar-refractivity contribution in [2.24, 2.45) is 5.92 Å². The van der Waals surface area contributed by atoms with Gasteiger partial charge in [0.2, 0.25) is 5.91 Å². The maximum atomic E-state index is 13.8. The zero-order chi connectivity index (χ0) is 27.6. The van der Waals surface area contributed by atoms with Crippen LogP contribution in [-0.4, -0.2) is 56.0 Å². The van der Waals surface area contributed by atoms with Crippen LogP contribution in [-0.2, 0) is 17.9 Å². The first-order valence-corrected chi connectivity index (χ1v) is 14.8. The number of piperidine rings is 2. The van der Waals surface area contributed by atoms with E-state index in [-0.39, 0.29) is 23.6 Å². The van der Waals surface area contributed by atoms with Gasteiger partial charge in [0, 0.05) is 44.0 Å². The number of hydrogen-bond acceptors (Lipinski definition) is 4. The molecule has 2 aliphatic heterocycles. The summed E-state index contributed by atoms with van der Waals surface area (Å²) in [6.07, 6.45) is 6.89. The van der Waals surface area contributed by atoms with Gasteiger partial charge in [-0.05, 0) is 74.2 Å². The van der Waals surface area contributed by atoms with Gasteiger partial charge in [0.25, 0.3) is 0 Å². The molecule has 7 nitrogen and oxygen atoms in total. The van der Waals surface area contributed by atoms with Crippen molar-refractivity contribution < 1.29 is 4.79 Å². The van der Waals surface area contributed by atoms with E-state index in [9.17, 15) is 9.59 Å². The fourth-order valence-electron chi connectivity index (χ4n) is 6.23. The molecule has 2 aromatic carbocycles. The Kier molecular flexibility index (Phi) is 7.96. The highest BCUT2D eigenvalue weighted by Crippen LogP contribution is 2.32. The van der Waals surface area contributed by atoms with Crippen LogP contribution < -0.4 is 5.69 Å². The zero-order valence-electron chi connectivity index (χ0n) is 22.4. The largest absolute Gasteiger partial charge is 0.342 e. The SMILES string of the molecule is O=C(C1CCN(Cc2ccncc2)CC1)N1CCC(n2c(=O)n(Cc3ccccc3)c3cc(Cl)c(Cl)cc32)CC1. The number of nitrogens with zero attached hydrogens (tertiary/aromatic N) is 5. The fraction of sp³-hybridized carbons (Fsp3) is 0.387. The van der Waals surface area contributed by atoms with Gasteiger partial charge < -0.3 is 4.90 Å². The molecule has 0 bridgehead atoms. The molecule has 0 radical (unpaired) electrons. The Morgan fingerprint density at radius 1 is 0.800 bits per heavy atom. The quantitative estimate of drug-likeness (QED) is 0.298. The van der Waals surface area contributed by atoms with Crippen molar-refractivity contribution >= 4 is 40.1 Å². The molecule has 0 atom stereocenters. The van der Waals surface area contributed by atoms with Crippen LogP contribution in [0.15, 0.2) is 71.8 Å². The summed E-state index contributed by atoms with van der Waals surface area (Å²) in [5, 5.41) is 0.864. The number of halogens is 2. The van der Waals surface area contributed by atoms with E-state index in [0.29, 0.717) is 29.7 Å². The maximum Gasteiger partial charge on any atom is 0.329 e. The molecule has 40 heavy (non-hydrogen) atoms.